The van der Waals surface area contributed by atoms with E-state index >= 15 is 0 Å². The molecule has 6 nitrogen and oxygen atoms in total. The first-order valence-electron chi connectivity index (χ1n) is 9.39. The van der Waals surface area contributed by atoms with Gasteiger partial charge in [-0.25, -0.2) is 9.97 Å². The summed E-state index contributed by atoms with van der Waals surface area (Å²) in [6, 6.07) is 9.05. The number of carbonyl (C=O) groups is 1. The van der Waals surface area contributed by atoms with Gasteiger partial charge in [-0.15, -0.1) is 0 Å². The van der Waals surface area contributed by atoms with E-state index in [1.807, 2.05) is 45.9 Å². The standard InChI is InChI=1S/C21H21N5O.C2H6/c1-4-7-19-16(3)24-15-25-21(19)23-10-11-26(5-2)20(27)13-17-8-6-9-18(12-17)14-22;1-2/h4-12,15H,2,13H2,1,3H3,(H,23,24,25);1-2H3/b7-4-,11-10+;. The van der Waals surface area contributed by atoms with Crippen LogP contribution >= 0.6 is 0 Å². The molecule has 1 heterocycles. The van der Waals surface area contributed by atoms with Crippen molar-refractivity contribution in [2.45, 2.75) is 34.1 Å². The number of aromatic nitrogens is 2. The molecule has 0 unspecified atom stereocenters. The molecule has 6 heteroatoms. The summed E-state index contributed by atoms with van der Waals surface area (Å²) in [6.07, 6.45) is 10.1. The van der Waals surface area contributed by atoms with Crippen molar-refractivity contribution in [3.63, 3.8) is 0 Å². The summed E-state index contributed by atoms with van der Waals surface area (Å²) < 4.78 is 0. The summed E-state index contributed by atoms with van der Waals surface area (Å²) in [5.41, 5.74) is 3.04. The average Bonchev–Trinajstić information content (AvgIpc) is 2.75. The maximum atomic E-state index is 12.5. The number of nitrogens with one attached hydrogen (secondary N) is 1. The van der Waals surface area contributed by atoms with Crippen LogP contribution in [0, 0.1) is 18.3 Å². The maximum Gasteiger partial charge on any atom is 0.235 e. The Bertz CT molecular complexity index is 925. The Morgan fingerprint density at radius 1 is 1.34 bits per heavy atom. The zero-order valence-corrected chi connectivity index (χ0v) is 17.4. The molecular formula is C23H27N5O. The lowest BCUT2D eigenvalue weighted by molar-refractivity contribution is -0.125. The Balaban J connectivity index is 0.00000204. The number of aryl methyl sites for hydroxylation is 1. The number of benzene rings is 1. The van der Waals surface area contributed by atoms with E-state index in [1.165, 1.54) is 17.4 Å². The highest BCUT2D eigenvalue weighted by Crippen LogP contribution is 2.16. The van der Waals surface area contributed by atoms with Gasteiger partial charge in [0.25, 0.3) is 0 Å². The van der Waals surface area contributed by atoms with E-state index in [4.69, 9.17) is 5.26 Å². The second-order valence-electron chi connectivity index (χ2n) is 5.65. The molecule has 150 valence electrons. The highest BCUT2D eigenvalue weighted by Gasteiger charge is 2.09. The molecule has 0 saturated carbocycles. The van der Waals surface area contributed by atoms with Crippen molar-refractivity contribution >= 4 is 17.8 Å². The quantitative estimate of drug-likeness (QED) is 0.734. The number of rotatable bonds is 7. The largest absolute Gasteiger partial charge is 0.345 e. The van der Waals surface area contributed by atoms with Crippen LogP contribution in [0.15, 0.2) is 61.8 Å². The predicted octanol–water partition coefficient (Wildman–Crippen LogP) is 4.81. The maximum absolute atomic E-state index is 12.5. The Morgan fingerprint density at radius 3 is 2.76 bits per heavy atom. The Morgan fingerprint density at radius 2 is 2.10 bits per heavy atom. The summed E-state index contributed by atoms with van der Waals surface area (Å²) in [7, 11) is 0. The van der Waals surface area contributed by atoms with Gasteiger partial charge in [0.2, 0.25) is 5.91 Å². The van der Waals surface area contributed by atoms with Crippen molar-refractivity contribution in [1.82, 2.24) is 14.9 Å². The van der Waals surface area contributed by atoms with E-state index in [9.17, 15) is 4.79 Å². The van der Waals surface area contributed by atoms with E-state index in [0.29, 0.717) is 11.4 Å². The third-order valence-electron chi connectivity index (χ3n) is 3.77. The van der Waals surface area contributed by atoms with Gasteiger partial charge in [0.05, 0.1) is 23.7 Å². The molecule has 1 aromatic carbocycles. The molecule has 1 N–H and O–H groups in total. The number of hydrogen-bond donors (Lipinski definition) is 1. The van der Waals surface area contributed by atoms with Crippen LogP contribution in [0.2, 0.25) is 0 Å². The lowest BCUT2D eigenvalue weighted by Gasteiger charge is -2.13. The van der Waals surface area contributed by atoms with E-state index in [0.717, 1.165) is 16.8 Å². The molecular weight excluding hydrogens is 362 g/mol. The minimum atomic E-state index is -0.161. The topological polar surface area (TPSA) is 81.9 Å². The van der Waals surface area contributed by atoms with Gasteiger partial charge in [-0.1, -0.05) is 44.7 Å². The molecule has 0 aliphatic carbocycles. The van der Waals surface area contributed by atoms with Gasteiger partial charge < -0.3 is 5.32 Å². The minimum Gasteiger partial charge on any atom is -0.345 e. The first-order valence-corrected chi connectivity index (χ1v) is 9.39. The second-order valence-corrected chi connectivity index (χ2v) is 5.65. The van der Waals surface area contributed by atoms with Crippen LogP contribution in [0.5, 0.6) is 0 Å². The van der Waals surface area contributed by atoms with E-state index in [1.54, 1.807) is 30.6 Å². The minimum absolute atomic E-state index is 0.161. The molecule has 0 bridgehead atoms. The third kappa shape index (κ3) is 7.07. The number of nitriles is 1. The molecule has 0 radical (unpaired) electrons. The van der Waals surface area contributed by atoms with Crippen molar-refractivity contribution < 1.29 is 4.79 Å². The molecule has 0 aliphatic rings. The lowest BCUT2D eigenvalue weighted by atomic mass is 10.1. The van der Waals surface area contributed by atoms with Gasteiger partial charge in [0.1, 0.15) is 12.1 Å². The number of anilines is 1. The van der Waals surface area contributed by atoms with Crippen LogP contribution in [-0.2, 0) is 11.2 Å². The molecule has 29 heavy (non-hydrogen) atoms. The van der Waals surface area contributed by atoms with Crippen molar-refractivity contribution in [1.29, 1.82) is 5.26 Å². The first-order chi connectivity index (χ1) is 14.1. The fourth-order valence-corrected chi connectivity index (χ4v) is 2.42. The van der Waals surface area contributed by atoms with Crippen molar-refractivity contribution in [3.8, 4) is 6.07 Å². The normalized spacial score (nSPS) is 10.2. The van der Waals surface area contributed by atoms with Crippen LogP contribution in [0.4, 0.5) is 5.82 Å². The van der Waals surface area contributed by atoms with Crippen molar-refractivity contribution in [2.75, 3.05) is 5.32 Å². The van der Waals surface area contributed by atoms with Crippen LogP contribution in [0.1, 0.15) is 43.2 Å². The number of amides is 1. The van der Waals surface area contributed by atoms with Gasteiger partial charge in [0.15, 0.2) is 0 Å². The van der Waals surface area contributed by atoms with Crippen LogP contribution < -0.4 is 5.32 Å². The van der Waals surface area contributed by atoms with E-state index < -0.39 is 0 Å². The summed E-state index contributed by atoms with van der Waals surface area (Å²) in [4.78, 5) is 22.3. The molecule has 0 aliphatic heterocycles. The Hall–Kier alpha value is -3.72. The summed E-state index contributed by atoms with van der Waals surface area (Å²) in [5.74, 6) is 0.487. The molecule has 0 saturated heterocycles. The zero-order chi connectivity index (χ0) is 21.6. The highest BCUT2D eigenvalue weighted by molar-refractivity contribution is 5.80. The van der Waals surface area contributed by atoms with Crippen LogP contribution in [-0.4, -0.2) is 20.8 Å². The fourth-order valence-electron chi connectivity index (χ4n) is 2.42. The second kappa shape index (κ2) is 12.6. The molecule has 1 amide bonds. The third-order valence-corrected chi connectivity index (χ3v) is 3.77. The molecule has 2 aromatic rings. The van der Waals surface area contributed by atoms with Gasteiger partial charge in [0, 0.05) is 24.2 Å². The Labute approximate surface area is 172 Å². The first kappa shape index (κ1) is 23.3. The summed E-state index contributed by atoms with van der Waals surface area (Å²) in [6.45, 7) is 11.5. The summed E-state index contributed by atoms with van der Waals surface area (Å²) >= 11 is 0. The van der Waals surface area contributed by atoms with E-state index in [-0.39, 0.29) is 12.3 Å². The zero-order valence-electron chi connectivity index (χ0n) is 17.4. The molecule has 0 spiro atoms. The van der Waals surface area contributed by atoms with Gasteiger partial charge >= 0.3 is 0 Å². The SMILES string of the molecule is C=CN(/C=C/Nc1ncnc(C)c1/C=C\C)C(=O)Cc1cccc(C#N)c1.CC. The summed E-state index contributed by atoms with van der Waals surface area (Å²) in [5, 5.41) is 12.0. The molecule has 0 fully saturated rings. The lowest BCUT2D eigenvalue weighted by Crippen LogP contribution is -2.22. The molecule has 0 atom stereocenters. The van der Waals surface area contributed by atoms with Gasteiger partial charge in [-0.3, -0.25) is 9.69 Å². The fraction of sp³-hybridized carbons (Fsp3) is 0.217. The van der Waals surface area contributed by atoms with Crippen LogP contribution in [0.25, 0.3) is 6.08 Å². The van der Waals surface area contributed by atoms with E-state index in [2.05, 4.69) is 27.9 Å². The number of allylic oxidation sites excluding steroid dienone is 1. The smallest absolute Gasteiger partial charge is 0.235 e. The molecule has 1 aromatic heterocycles. The number of nitrogens with zero attached hydrogens (tertiary/aromatic N) is 4. The number of hydrogen-bond acceptors (Lipinski definition) is 5. The van der Waals surface area contributed by atoms with Gasteiger partial charge in [-0.2, -0.15) is 5.26 Å². The number of carbonyl (C=O) groups excluding carboxylic acids is 1. The predicted molar refractivity (Wildman–Crippen MR) is 117 cm³/mol. The Kier molecular flexibility index (Phi) is 10.2. The molecule has 2 rings (SSSR count). The van der Waals surface area contributed by atoms with Crippen LogP contribution in [0.3, 0.4) is 0 Å². The van der Waals surface area contributed by atoms with Gasteiger partial charge in [-0.05, 0) is 31.5 Å². The highest BCUT2D eigenvalue weighted by atomic mass is 16.2. The van der Waals surface area contributed by atoms with Crippen molar-refractivity contribution in [2.24, 2.45) is 0 Å². The van der Waals surface area contributed by atoms with Crippen molar-refractivity contribution in [3.05, 3.63) is 84.2 Å². The monoisotopic (exact) mass is 389 g/mol. The average molecular weight is 390 g/mol.